The molecule has 2 rings (SSSR count). The molecule has 116 valence electrons. The van der Waals surface area contributed by atoms with Gasteiger partial charge in [0.25, 0.3) is 10.2 Å². The van der Waals surface area contributed by atoms with Crippen molar-refractivity contribution in [3.8, 4) is 0 Å². The third kappa shape index (κ3) is 3.30. The summed E-state index contributed by atoms with van der Waals surface area (Å²) in [6.45, 7) is 3.12. The molecular formula is C12H22N2O5S. The average molecular weight is 306 g/mol. The molecule has 7 nitrogen and oxygen atoms in total. The van der Waals surface area contributed by atoms with E-state index in [0.717, 1.165) is 0 Å². The van der Waals surface area contributed by atoms with Gasteiger partial charge in [-0.3, -0.25) is 4.79 Å². The SMILES string of the molecule is CCOC(=O)C1CCCN(S(=O)(=O)N2CC[C@@H](O)C2)C1. The Hall–Kier alpha value is -0.700. The van der Waals surface area contributed by atoms with E-state index in [1.54, 1.807) is 6.92 Å². The average Bonchev–Trinajstić information content (AvgIpc) is 2.86. The smallest absolute Gasteiger partial charge is 0.310 e. The van der Waals surface area contributed by atoms with Crippen molar-refractivity contribution in [3.63, 3.8) is 0 Å². The molecule has 0 saturated carbocycles. The standard InChI is InChI=1S/C12H22N2O5S/c1-2-19-12(16)10-4-3-6-13(8-10)20(17,18)14-7-5-11(15)9-14/h10-11,15H,2-9H2,1H3/t10?,11-/m1/s1. The zero-order chi connectivity index (χ0) is 14.8. The third-order valence-electron chi connectivity index (χ3n) is 3.78. The summed E-state index contributed by atoms with van der Waals surface area (Å²) in [7, 11) is -3.58. The number of ether oxygens (including phenoxy) is 1. The van der Waals surface area contributed by atoms with E-state index in [4.69, 9.17) is 4.74 Å². The minimum atomic E-state index is -3.58. The van der Waals surface area contributed by atoms with Gasteiger partial charge in [0.2, 0.25) is 0 Å². The maximum atomic E-state index is 12.4. The minimum absolute atomic E-state index is 0.142. The number of nitrogens with zero attached hydrogens (tertiary/aromatic N) is 2. The fourth-order valence-corrected chi connectivity index (χ4v) is 4.44. The summed E-state index contributed by atoms with van der Waals surface area (Å²) < 4.78 is 32.5. The van der Waals surface area contributed by atoms with Gasteiger partial charge in [0.1, 0.15) is 0 Å². The monoisotopic (exact) mass is 306 g/mol. The van der Waals surface area contributed by atoms with Gasteiger partial charge in [0, 0.05) is 26.2 Å². The van der Waals surface area contributed by atoms with Crippen LogP contribution < -0.4 is 0 Å². The van der Waals surface area contributed by atoms with Gasteiger partial charge in [-0.2, -0.15) is 17.0 Å². The van der Waals surface area contributed by atoms with Crippen LogP contribution in [0, 0.1) is 5.92 Å². The molecule has 0 radical (unpaired) electrons. The fourth-order valence-electron chi connectivity index (χ4n) is 2.69. The molecule has 0 spiro atoms. The van der Waals surface area contributed by atoms with Crippen molar-refractivity contribution in [2.45, 2.75) is 32.3 Å². The number of carbonyl (C=O) groups excluding carboxylic acids is 1. The van der Waals surface area contributed by atoms with Crippen molar-refractivity contribution in [3.05, 3.63) is 0 Å². The second-order valence-corrected chi connectivity index (χ2v) is 7.19. The number of piperidine rings is 1. The van der Waals surface area contributed by atoms with Crippen LogP contribution in [-0.4, -0.2) is 67.0 Å². The van der Waals surface area contributed by atoms with E-state index >= 15 is 0 Å². The zero-order valence-corrected chi connectivity index (χ0v) is 12.5. The summed E-state index contributed by atoms with van der Waals surface area (Å²) in [4.78, 5) is 11.7. The van der Waals surface area contributed by atoms with Crippen LogP contribution in [0.1, 0.15) is 26.2 Å². The third-order valence-corrected chi connectivity index (χ3v) is 5.75. The summed E-state index contributed by atoms with van der Waals surface area (Å²) in [5.74, 6) is -0.708. The maximum Gasteiger partial charge on any atom is 0.310 e. The summed E-state index contributed by atoms with van der Waals surface area (Å²) in [6, 6.07) is 0. The van der Waals surface area contributed by atoms with Crippen molar-refractivity contribution in [1.82, 2.24) is 8.61 Å². The summed E-state index contributed by atoms with van der Waals surface area (Å²) in [6.07, 6.45) is 1.19. The fraction of sp³-hybridized carbons (Fsp3) is 0.917. The van der Waals surface area contributed by atoms with Crippen molar-refractivity contribution in [1.29, 1.82) is 0 Å². The normalized spacial score (nSPS) is 29.5. The summed E-state index contributed by atoms with van der Waals surface area (Å²) >= 11 is 0. The van der Waals surface area contributed by atoms with Crippen LogP contribution in [0.25, 0.3) is 0 Å². The number of hydrogen-bond acceptors (Lipinski definition) is 5. The lowest BCUT2D eigenvalue weighted by molar-refractivity contribution is -0.149. The van der Waals surface area contributed by atoms with Gasteiger partial charge >= 0.3 is 5.97 Å². The first kappa shape index (κ1) is 15.7. The number of carbonyl (C=O) groups is 1. The first-order valence-electron chi connectivity index (χ1n) is 7.05. The Kier molecular flexibility index (Phi) is 5.00. The second-order valence-electron chi connectivity index (χ2n) is 5.26. The molecule has 0 bridgehead atoms. The Morgan fingerprint density at radius 2 is 1.95 bits per heavy atom. The lowest BCUT2D eigenvalue weighted by Gasteiger charge is -2.33. The van der Waals surface area contributed by atoms with Crippen molar-refractivity contribution in [2.75, 3.05) is 32.8 Å². The number of esters is 1. The highest BCUT2D eigenvalue weighted by atomic mass is 32.2. The predicted octanol–water partition coefficient (Wildman–Crippen LogP) is -0.427. The molecule has 2 fully saturated rings. The van der Waals surface area contributed by atoms with E-state index in [9.17, 15) is 18.3 Å². The van der Waals surface area contributed by atoms with Crippen LogP contribution in [0.5, 0.6) is 0 Å². The van der Waals surface area contributed by atoms with Crippen LogP contribution in [0.2, 0.25) is 0 Å². The highest BCUT2D eigenvalue weighted by molar-refractivity contribution is 7.86. The predicted molar refractivity (Wildman–Crippen MR) is 72.0 cm³/mol. The molecule has 1 unspecified atom stereocenters. The maximum absolute atomic E-state index is 12.4. The number of rotatable bonds is 4. The van der Waals surface area contributed by atoms with Gasteiger partial charge in [-0.25, -0.2) is 0 Å². The van der Waals surface area contributed by atoms with E-state index in [1.807, 2.05) is 0 Å². The van der Waals surface area contributed by atoms with E-state index in [1.165, 1.54) is 8.61 Å². The molecular weight excluding hydrogens is 284 g/mol. The Bertz CT molecular complexity index is 453. The molecule has 0 aromatic rings. The lowest BCUT2D eigenvalue weighted by Crippen LogP contribution is -2.48. The molecule has 2 aliphatic heterocycles. The van der Waals surface area contributed by atoms with Crippen LogP contribution in [-0.2, 0) is 19.7 Å². The van der Waals surface area contributed by atoms with Crippen LogP contribution >= 0.6 is 0 Å². The van der Waals surface area contributed by atoms with Crippen molar-refractivity contribution >= 4 is 16.2 Å². The Morgan fingerprint density at radius 3 is 2.55 bits per heavy atom. The molecule has 2 saturated heterocycles. The molecule has 2 heterocycles. The molecule has 0 aromatic heterocycles. The van der Waals surface area contributed by atoms with E-state index in [-0.39, 0.29) is 25.0 Å². The second kappa shape index (κ2) is 6.38. The van der Waals surface area contributed by atoms with Crippen LogP contribution in [0.15, 0.2) is 0 Å². The molecule has 1 N–H and O–H groups in total. The first-order chi connectivity index (χ1) is 9.45. The molecule has 0 aliphatic carbocycles. The number of β-amino-alcohol motifs (C(OH)–C–C–N with tert-alkyl or cyclic N) is 1. The van der Waals surface area contributed by atoms with Gasteiger partial charge in [-0.05, 0) is 26.2 Å². The summed E-state index contributed by atoms with van der Waals surface area (Å²) in [5.41, 5.74) is 0. The largest absolute Gasteiger partial charge is 0.466 e. The van der Waals surface area contributed by atoms with Crippen LogP contribution in [0.3, 0.4) is 0 Å². The van der Waals surface area contributed by atoms with Gasteiger partial charge in [0.15, 0.2) is 0 Å². The van der Waals surface area contributed by atoms with E-state index in [2.05, 4.69) is 0 Å². The van der Waals surface area contributed by atoms with Crippen molar-refractivity contribution < 1.29 is 23.1 Å². The number of aliphatic hydroxyl groups is 1. The molecule has 0 aromatic carbocycles. The minimum Gasteiger partial charge on any atom is -0.466 e. The van der Waals surface area contributed by atoms with Crippen LogP contribution in [0.4, 0.5) is 0 Å². The highest BCUT2D eigenvalue weighted by Gasteiger charge is 2.38. The lowest BCUT2D eigenvalue weighted by atomic mass is 10.0. The Labute approximate surface area is 119 Å². The Balaban J connectivity index is 2.02. The van der Waals surface area contributed by atoms with E-state index in [0.29, 0.717) is 39.0 Å². The van der Waals surface area contributed by atoms with Gasteiger partial charge in [-0.15, -0.1) is 0 Å². The van der Waals surface area contributed by atoms with Crippen molar-refractivity contribution in [2.24, 2.45) is 5.92 Å². The number of aliphatic hydroxyl groups excluding tert-OH is 1. The molecule has 0 amide bonds. The van der Waals surface area contributed by atoms with Gasteiger partial charge in [0.05, 0.1) is 18.6 Å². The topological polar surface area (TPSA) is 87.2 Å². The summed E-state index contributed by atoms with van der Waals surface area (Å²) in [5, 5.41) is 9.47. The highest BCUT2D eigenvalue weighted by Crippen LogP contribution is 2.24. The van der Waals surface area contributed by atoms with Gasteiger partial charge < -0.3 is 9.84 Å². The van der Waals surface area contributed by atoms with E-state index < -0.39 is 16.3 Å². The number of hydrogen-bond donors (Lipinski definition) is 1. The van der Waals surface area contributed by atoms with Gasteiger partial charge in [-0.1, -0.05) is 0 Å². The first-order valence-corrected chi connectivity index (χ1v) is 8.44. The molecule has 8 heteroatoms. The zero-order valence-electron chi connectivity index (χ0n) is 11.7. The molecule has 20 heavy (non-hydrogen) atoms. The Morgan fingerprint density at radius 1 is 1.25 bits per heavy atom. The molecule has 2 atom stereocenters. The molecule has 2 aliphatic rings. The quantitative estimate of drug-likeness (QED) is 0.712.